The summed E-state index contributed by atoms with van der Waals surface area (Å²) in [5.41, 5.74) is 0.751. The van der Waals surface area contributed by atoms with E-state index >= 15 is 0 Å². The van der Waals surface area contributed by atoms with Crippen molar-refractivity contribution in [2.75, 3.05) is 32.9 Å². The van der Waals surface area contributed by atoms with Crippen molar-refractivity contribution in [3.8, 4) is 0 Å². The molecule has 15 heteroatoms. The Morgan fingerprint density at radius 3 is 2.00 bits per heavy atom. The molecule has 0 aliphatic carbocycles. The molecule has 7 amide bonds. The molecule has 0 saturated carbocycles. The smallest absolute Gasteiger partial charge is 0.254 e. The van der Waals surface area contributed by atoms with Gasteiger partial charge in [0.1, 0.15) is 19.3 Å². The summed E-state index contributed by atoms with van der Waals surface area (Å²) < 4.78 is 4.64. The van der Waals surface area contributed by atoms with Crippen LogP contribution in [0.5, 0.6) is 0 Å². The van der Waals surface area contributed by atoms with E-state index in [0.717, 1.165) is 17.7 Å². The fourth-order valence-corrected chi connectivity index (χ4v) is 3.07. The van der Waals surface area contributed by atoms with E-state index in [1.165, 1.54) is 0 Å². The average molecular weight is 534 g/mol. The van der Waals surface area contributed by atoms with Crippen LogP contribution < -0.4 is 26.6 Å². The highest BCUT2D eigenvalue weighted by Gasteiger charge is 2.26. The van der Waals surface area contributed by atoms with Crippen LogP contribution in [0.1, 0.15) is 5.56 Å². The number of imide groups is 1. The SMILES string of the molecule is O=C(CNC(=O)CN1C(=O)C=CC1=O)NCC(=O)N[C@@H](Cc1ccccc1)C(=O)NCC(=O)NCOP. The van der Waals surface area contributed by atoms with E-state index in [1.54, 1.807) is 30.3 Å². The van der Waals surface area contributed by atoms with E-state index in [2.05, 4.69) is 31.1 Å². The Kier molecular flexibility index (Phi) is 11.8. The summed E-state index contributed by atoms with van der Waals surface area (Å²) in [4.78, 5) is 84.2. The van der Waals surface area contributed by atoms with E-state index in [9.17, 15) is 33.6 Å². The molecule has 0 spiro atoms. The minimum atomic E-state index is -1.04. The highest BCUT2D eigenvalue weighted by Crippen LogP contribution is 2.04. The fourth-order valence-electron chi connectivity index (χ4n) is 2.99. The first kappa shape index (κ1) is 29.1. The van der Waals surface area contributed by atoms with Gasteiger partial charge in [0.25, 0.3) is 11.8 Å². The normalized spacial score (nSPS) is 13.1. The van der Waals surface area contributed by atoms with Crippen LogP contribution in [-0.4, -0.2) is 85.2 Å². The lowest BCUT2D eigenvalue weighted by atomic mass is 10.1. The lowest BCUT2D eigenvalue weighted by molar-refractivity contribution is -0.141. The molecule has 14 nitrogen and oxygen atoms in total. The summed E-state index contributed by atoms with van der Waals surface area (Å²) in [5, 5.41) is 11.9. The second-order valence-corrected chi connectivity index (χ2v) is 7.92. The zero-order valence-corrected chi connectivity index (χ0v) is 20.8. The molecule has 0 bridgehead atoms. The average Bonchev–Trinajstić information content (AvgIpc) is 3.20. The topological polar surface area (TPSA) is 192 Å². The van der Waals surface area contributed by atoms with Gasteiger partial charge in [-0.05, 0) is 5.56 Å². The van der Waals surface area contributed by atoms with Gasteiger partial charge in [-0.2, -0.15) is 0 Å². The molecule has 1 unspecified atom stereocenters. The first-order chi connectivity index (χ1) is 17.7. The van der Waals surface area contributed by atoms with E-state index in [1.807, 2.05) is 9.47 Å². The number of benzene rings is 1. The van der Waals surface area contributed by atoms with Crippen LogP contribution in [0.4, 0.5) is 0 Å². The van der Waals surface area contributed by atoms with Crippen molar-refractivity contribution in [3.63, 3.8) is 0 Å². The van der Waals surface area contributed by atoms with Crippen molar-refractivity contribution >= 4 is 50.8 Å². The van der Waals surface area contributed by atoms with Gasteiger partial charge in [-0.3, -0.25) is 38.5 Å². The molecule has 0 radical (unpaired) electrons. The Hall–Kier alpha value is -4.16. The number of amides is 7. The molecule has 198 valence electrons. The largest absolute Gasteiger partial charge is 0.346 e. The molecule has 1 aliphatic rings. The molecular formula is C22H27N6O8P. The van der Waals surface area contributed by atoms with Crippen molar-refractivity contribution in [3.05, 3.63) is 48.0 Å². The molecule has 37 heavy (non-hydrogen) atoms. The number of hydrogen-bond donors (Lipinski definition) is 5. The number of hydrogen-bond acceptors (Lipinski definition) is 8. The molecule has 0 saturated heterocycles. The number of carbonyl (C=O) groups is 7. The Morgan fingerprint density at radius 1 is 0.784 bits per heavy atom. The first-order valence-electron chi connectivity index (χ1n) is 11.0. The van der Waals surface area contributed by atoms with E-state index in [4.69, 9.17) is 0 Å². The predicted molar refractivity (Wildman–Crippen MR) is 131 cm³/mol. The summed E-state index contributed by atoms with van der Waals surface area (Å²) in [7, 11) is 1.97. The highest BCUT2D eigenvalue weighted by molar-refractivity contribution is 7.09. The van der Waals surface area contributed by atoms with Crippen molar-refractivity contribution in [1.29, 1.82) is 0 Å². The number of carbonyl (C=O) groups excluding carboxylic acids is 7. The monoisotopic (exact) mass is 534 g/mol. The van der Waals surface area contributed by atoms with Crippen LogP contribution in [0, 0.1) is 0 Å². The molecule has 1 heterocycles. The summed E-state index contributed by atoms with van der Waals surface area (Å²) in [6, 6.07) is 7.81. The van der Waals surface area contributed by atoms with Crippen LogP contribution in [-0.2, 0) is 44.5 Å². The van der Waals surface area contributed by atoms with Crippen LogP contribution in [0.25, 0.3) is 0 Å². The van der Waals surface area contributed by atoms with Gasteiger partial charge in [-0.15, -0.1) is 0 Å². The summed E-state index contributed by atoms with van der Waals surface area (Å²) in [5.74, 6) is -4.51. The Labute approximate surface area is 214 Å². The van der Waals surface area contributed by atoms with Crippen LogP contribution in [0.3, 0.4) is 0 Å². The maximum Gasteiger partial charge on any atom is 0.254 e. The van der Waals surface area contributed by atoms with Gasteiger partial charge in [0.05, 0.1) is 19.6 Å². The first-order valence-corrected chi connectivity index (χ1v) is 11.4. The molecule has 2 rings (SSSR count). The number of nitrogens with one attached hydrogen (secondary N) is 5. The molecule has 1 aliphatic heterocycles. The van der Waals surface area contributed by atoms with Crippen LogP contribution >= 0.6 is 9.47 Å². The van der Waals surface area contributed by atoms with E-state index < -0.39 is 67.0 Å². The minimum absolute atomic E-state index is 0.0601. The Balaban J connectivity index is 1.81. The zero-order chi connectivity index (χ0) is 27.2. The van der Waals surface area contributed by atoms with E-state index in [-0.39, 0.29) is 19.7 Å². The molecular weight excluding hydrogens is 507 g/mol. The van der Waals surface area contributed by atoms with Crippen molar-refractivity contribution in [2.45, 2.75) is 12.5 Å². The summed E-state index contributed by atoms with van der Waals surface area (Å²) in [6.07, 6.45) is 2.19. The lowest BCUT2D eigenvalue weighted by Gasteiger charge is -2.19. The van der Waals surface area contributed by atoms with Crippen LogP contribution in [0.2, 0.25) is 0 Å². The molecule has 1 aromatic carbocycles. The van der Waals surface area contributed by atoms with Gasteiger partial charge in [-0.25, -0.2) is 0 Å². The van der Waals surface area contributed by atoms with E-state index in [0.29, 0.717) is 4.90 Å². The maximum absolute atomic E-state index is 12.6. The van der Waals surface area contributed by atoms with Crippen molar-refractivity contribution < 1.29 is 38.1 Å². The predicted octanol–water partition coefficient (Wildman–Crippen LogP) is -3.13. The third kappa shape index (κ3) is 10.5. The molecule has 0 fully saturated rings. The second kappa shape index (κ2) is 15.1. The van der Waals surface area contributed by atoms with Gasteiger partial charge in [0, 0.05) is 28.0 Å². The van der Waals surface area contributed by atoms with Gasteiger partial charge in [0.15, 0.2) is 0 Å². The lowest BCUT2D eigenvalue weighted by Crippen LogP contribution is -2.52. The third-order valence-electron chi connectivity index (χ3n) is 4.80. The standard InChI is InChI=1S/C22H27N6O8P/c29-16(9-24-19(32)12-28-20(33)6-7-21(28)34)23-11-18(31)27-15(8-14-4-2-1-3-5-14)22(35)25-10-17(30)26-13-36-37/h1-7,15H,8-13,37H2,(H,23,29)(H,24,32)(H,25,35)(H,26,30)(H,27,31)/t15-/m0/s1. The summed E-state index contributed by atoms with van der Waals surface area (Å²) >= 11 is 0. The Bertz CT molecular complexity index is 1050. The minimum Gasteiger partial charge on any atom is -0.346 e. The van der Waals surface area contributed by atoms with Crippen molar-refractivity contribution in [1.82, 2.24) is 31.5 Å². The Morgan fingerprint density at radius 2 is 1.35 bits per heavy atom. The third-order valence-corrected chi connectivity index (χ3v) is 4.97. The molecule has 5 N–H and O–H groups in total. The van der Waals surface area contributed by atoms with Gasteiger partial charge in [-0.1, -0.05) is 30.3 Å². The van der Waals surface area contributed by atoms with Crippen molar-refractivity contribution in [2.24, 2.45) is 0 Å². The highest BCUT2D eigenvalue weighted by atomic mass is 31.0. The summed E-state index contributed by atoms with van der Waals surface area (Å²) in [6.45, 7) is -1.94. The molecule has 2 atom stereocenters. The number of rotatable bonds is 14. The second-order valence-electron chi connectivity index (χ2n) is 7.59. The van der Waals surface area contributed by atoms with Gasteiger partial charge in [0.2, 0.25) is 29.5 Å². The van der Waals surface area contributed by atoms with Gasteiger partial charge >= 0.3 is 0 Å². The molecule has 0 aromatic heterocycles. The fraction of sp³-hybridized carbons (Fsp3) is 0.318. The quantitative estimate of drug-likeness (QED) is 0.0939. The zero-order valence-electron chi connectivity index (χ0n) is 19.7. The molecule has 1 aromatic rings. The van der Waals surface area contributed by atoms with Gasteiger partial charge < -0.3 is 31.1 Å². The number of nitrogens with zero attached hydrogens (tertiary/aromatic N) is 1. The maximum atomic E-state index is 12.6. The van der Waals surface area contributed by atoms with Crippen LogP contribution in [0.15, 0.2) is 42.5 Å².